The third kappa shape index (κ3) is 3.02. The second-order valence-corrected chi connectivity index (χ2v) is 5.25. The number of hydrogen-bond acceptors (Lipinski definition) is 6. The van der Waals surface area contributed by atoms with Crippen molar-refractivity contribution >= 4 is 27.4 Å². The first kappa shape index (κ1) is 14.2. The van der Waals surface area contributed by atoms with Gasteiger partial charge in [-0.15, -0.1) is 0 Å². The van der Waals surface area contributed by atoms with Gasteiger partial charge in [-0.3, -0.25) is 10.1 Å². The fourth-order valence-electron chi connectivity index (χ4n) is 1.95. The van der Waals surface area contributed by atoms with E-state index in [1.807, 2.05) is 11.8 Å². The summed E-state index contributed by atoms with van der Waals surface area (Å²) >= 11 is 3.31. The number of hydrogen-bond donors (Lipinski definition) is 1. The van der Waals surface area contributed by atoms with E-state index in [2.05, 4.69) is 20.9 Å². The summed E-state index contributed by atoms with van der Waals surface area (Å²) in [6, 6.07) is 1.52. The maximum absolute atomic E-state index is 10.7. The predicted octanol–water partition coefficient (Wildman–Crippen LogP) is 1.34. The normalized spacial score (nSPS) is 23.4. The molecule has 1 N–H and O–H groups in total. The molecule has 2 rings (SSSR count). The van der Waals surface area contributed by atoms with Gasteiger partial charge >= 0.3 is 0 Å². The van der Waals surface area contributed by atoms with E-state index in [1.165, 1.54) is 12.3 Å². The average molecular weight is 332 g/mol. The van der Waals surface area contributed by atoms with Gasteiger partial charge in [0.15, 0.2) is 0 Å². The van der Waals surface area contributed by atoms with Crippen LogP contribution in [0.3, 0.4) is 0 Å². The minimum Gasteiger partial charge on any atom is -0.394 e. The van der Waals surface area contributed by atoms with Crippen molar-refractivity contribution in [2.45, 2.75) is 19.1 Å². The zero-order valence-electron chi connectivity index (χ0n) is 10.3. The van der Waals surface area contributed by atoms with Crippen LogP contribution in [0.1, 0.15) is 6.92 Å². The molecule has 2 atom stereocenters. The van der Waals surface area contributed by atoms with Gasteiger partial charge in [0.2, 0.25) is 0 Å². The molecule has 1 aliphatic rings. The average Bonchev–Trinajstić information content (AvgIpc) is 2.39. The summed E-state index contributed by atoms with van der Waals surface area (Å²) < 4.78 is 6.01. The van der Waals surface area contributed by atoms with E-state index < -0.39 is 4.92 Å². The zero-order valence-corrected chi connectivity index (χ0v) is 11.9. The number of ether oxygens (including phenoxy) is 1. The van der Waals surface area contributed by atoms with E-state index in [1.54, 1.807) is 0 Å². The highest BCUT2D eigenvalue weighted by Crippen LogP contribution is 2.30. The Morgan fingerprint density at radius 2 is 2.47 bits per heavy atom. The summed E-state index contributed by atoms with van der Waals surface area (Å²) in [5.74, 6) is 0.625. The summed E-state index contributed by atoms with van der Waals surface area (Å²) in [6.45, 7) is 2.90. The van der Waals surface area contributed by atoms with Crippen molar-refractivity contribution in [1.29, 1.82) is 0 Å². The molecule has 19 heavy (non-hydrogen) atoms. The molecule has 7 nitrogen and oxygen atoms in total. The number of nitrogens with zero attached hydrogens (tertiary/aromatic N) is 3. The number of morpholine rings is 1. The number of nitro groups is 1. The third-order valence-corrected chi connectivity index (χ3v) is 3.58. The van der Waals surface area contributed by atoms with Gasteiger partial charge in [0, 0.05) is 12.6 Å². The number of halogens is 1. The lowest BCUT2D eigenvalue weighted by molar-refractivity contribution is -0.385. The minimum atomic E-state index is -0.485. The van der Waals surface area contributed by atoms with Gasteiger partial charge in [-0.1, -0.05) is 0 Å². The first-order chi connectivity index (χ1) is 9.02. The van der Waals surface area contributed by atoms with Gasteiger partial charge in [0.1, 0.15) is 12.0 Å². The molecule has 2 heterocycles. The summed E-state index contributed by atoms with van der Waals surface area (Å²) in [5.41, 5.74) is -0.0600. The largest absolute Gasteiger partial charge is 0.394 e. The Balaban J connectivity index is 2.27. The van der Waals surface area contributed by atoms with Crippen molar-refractivity contribution in [3.63, 3.8) is 0 Å². The molecule has 2 unspecified atom stereocenters. The van der Waals surface area contributed by atoms with Crippen molar-refractivity contribution in [2.75, 3.05) is 24.7 Å². The highest BCUT2D eigenvalue weighted by Gasteiger charge is 2.28. The van der Waals surface area contributed by atoms with Crippen molar-refractivity contribution in [1.82, 2.24) is 4.98 Å². The smallest absolute Gasteiger partial charge is 0.288 e. The van der Waals surface area contributed by atoms with E-state index in [-0.39, 0.29) is 24.4 Å². The molecule has 0 amide bonds. The molecule has 1 aromatic heterocycles. The Labute approximate surface area is 118 Å². The topological polar surface area (TPSA) is 88.7 Å². The first-order valence-corrected chi connectivity index (χ1v) is 6.61. The number of aromatic nitrogens is 1. The standard InChI is InChI=1S/C11H14BrN3O4/c1-7-6-19-9(5-16)4-14(7)11-10(12)2-8(3-13-11)15(17)18/h2-3,7,9,16H,4-6H2,1H3. The van der Waals surface area contributed by atoms with Crippen LogP contribution in [0.5, 0.6) is 0 Å². The minimum absolute atomic E-state index is 0.0600. The third-order valence-electron chi connectivity index (χ3n) is 3.00. The predicted molar refractivity (Wildman–Crippen MR) is 72.2 cm³/mol. The van der Waals surface area contributed by atoms with Crippen LogP contribution in [-0.4, -0.2) is 46.9 Å². The fraction of sp³-hybridized carbons (Fsp3) is 0.545. The molecule has 1 aliphatic heterocycles. The summed E-state index contributed by atoms with van der Waals surface area (Å²) in [5, 5.41) is 19.8. The Hall–Kier alpha value is -1.25. The van der Waals surface area contributed by atoms with Gasteiger partial charge in [-0.2, -0.15) is 0 Å². The molecule has 0 aromatic carbocycles. The van der Waals surface area contributed by atoms with Gasteiger partial charge in [0.25, 0.3) is 5.69 Å². The molecule has 1 fully saturated rings. The molecule has 0 bridgehead atoms. The molecule has 104 valence electrons. The summed E-state index contributed by atoms with van der Waals surface area (Å²) in [7, 11) is 0. The number of aliphatic hydroxyl groups excluding tert-OH is 1. The highest BCUT2D eigenvalue weighted by molar-refractivity contribution is 9.10. The Morgan fingerprint density at radius 1 is 1.74 bits per heavy atom. The number of pyridine rings is 1. The zero-order chi connectivity index (χ0) is 14.0. The monoisotopic (exact) mass is 331 g/mol. The second-order valence-electron chi connectivity index (χ2n) is 4.40. The second kappa shape index (κ2) is 5.81. The van der Waals surface area contributed by atoms with Gasteiger partial charge in [-0.05, 0) is 22.9 Å². The quantitative estimate of drug-likeness (QED) is 0.664. The Bertz CT molecular complexity index is 485. The van der Waals surface area contributed by atoms with E-state index in [0.29, 0.717) is 23.4 Å². The van der Waals surface area contributed by atoms with Crippen molar-refractivity contribution in [2.24, 2.45) is 0 Å². The van der Waals surface area contributed by atoms with Crippen LogP contribution in [0.4, 0.5) is 11.5 Å². The number of aliphatic hydroxyl groups is 1. The SMILES string of the molecule is CC1COC(CO)CN1c1ncc([N+](=O)[O-])cc1Br. The molecule has 1 saturated heterocycles. The maximum Gasteiger partial charge on any atom is 0.288 e. The van der Waals surface area contributed by atoms with Crippen molar-refractivity contribution < 1.29 is 14.8 Å². The van der Waals surface area contributed by atoms with Crippen LogP contribution in [0.2, 0.25) is 0 Å². The van der Waals surface area contributed by atoms with Crippen LogP contribution >= 0.6 is 15.9 Å². The molecular weight excluding hydrogens is 318 g/mol. The molecule has 0 radical (unpaired) electrons. The molecular formula is C11H14BrN3O4. The van der Waals surface area contributed by atoms with E-state index >= 15 is 0 Å². The lowest BCUT2D eigenvalue weighted by Crippen LogP contribution is -2.50. The molecule has 8 heteroatoms. The Kier molecular flexibility index (Phi) is 4.33. The van der Waals surface area contributed by atoms with Crippen LogP contribution in [0.25, 0.3) is 0 Å². The molecule has 1 aromatic rings. The molecule has 0 saturated carbocycles. The van der Waals surface area contributed by atoms with Crippen LogP contribution in [0.15, 0.2) is 16.7 Å². The lowest BCUT2D eigenvalue weighted by atomic mass is 10.2. The van der Waals surface area contributed by atoms with E-state index in [4.69, 9.17) is 9.84 Å². The lowest BCUT2D eigenvalue weighted by Gasteiger charge is -2.38. The van der Waals surface area contributed by atoms with Crippen LogP contribution in [-0.2, 0) is 4.74 Å². The van der Waals surface area contributed by atoms with Gasteiger partial charge in [0.05, 0.1) is 34.8 Å². The van der Waals surface area contributed by atoms with Crippen LogP contribution < -0.4 is 4.90 Å². The maximum atomic E-state index is 10.7. The van der Waals surface area contributed by atoms with Crippen LogP contribution in [0, 0.1) is 10.1 Å². The number of anilines is 1. The van der Waals surface area contributed by atoms with Gasteiger partial charge < -0.3 is 14.7 Å². The number of rotatable bonds is 3. The van der Waals surface area contributed by atoms with Crippen molar-refractivity contribution in [3.8, 4) is 0 Å². The molecule has 0 spiro atoms. The first-order valence-electron chi connectivity index (χ1n) is 5.82. The fourth-order valence-corrected chi connectivity index (χ4v) is 2.52. The summed E-state index contributed by atoms with van der Waals surface area (Å²) in [6.07, 6.45) is 0.969. The van der Waals surface area contributed by atoms with Crippen molar-refractivity contribution in [3.05, 3.63) is 26.9 Å². The van der Waals surface area contributed by atoms with E-state index in [9.17, 15) is 10.1 Å². The van der Waals surface area contributed by atoms with Gasteiger partial charge in [-0.25, -0.2) is 4.98 Å². The highest BCUT2D eigenvalue weighted by atomic mass is 79.9. The molecule has 0 aliphatic carbocycles. The van der Waals surface area contributed by atoms with E-state index in [0.717, 1.165) is 0 Å². The summed E-state index contributed by atoms with van der Waals surface area (Å²) in [4.78, 5) is 16.3. The Morgan fingerprint density at radius 3 is 3.05 bits per heavy atom.